The first-order chi connectivity index (χ1) is 10.2. The van der Waals surface area contributed by atoms with Crippen molar-refractivity contribution in [2.24, 2.45) is 5.73 Å². The Kier molecular flexibility index (Phi) is 2.85. The van der Waals surface area contributed by atoms with Crippen molar-refractivity contribution >= 4 is 0 Å². The van der Waals surface area contributed by atoms with Crippen LogP contribution in [0.4, 0.5) is 0 Å². The van der Waals surface area contributed by atoms with E-state index in [1.807, 2.05) is 18.2 Å². The van der Waals surface area contributed by atoms with E-state index in [9.17, 15) is 0 Å². The zero-order valence-electron chi connectivity index (χ0n) is 11.7. The Morgan fingerprint density at radius 3 is 2.71 bits per heavy atom. The van der Waals surface area contributed by atoms with Gasteiger partial charge in [-0.1, -0.05) is 24.4 Å². The fourth-order valence-electron chi connectivity index (χ4n) is 2.98. The molecule has 2 N–H and O–H groups in total. The van der Waals surface area contributed by atoms with Crippen LogP contribution in [-0.4, -0.2) is 16.9 Å². The summed E-state index contributed by atoms with van der Waals surface area (Å²) in [4.78, 5) is 4.50. The second-order valence-electron chi connectivity index (χ2n) is 5.71. The minimum atomic E-state index is -0.448. The molecule has 0 unspecified atom stereocenters. The summed E-state index contributed by atoms with van der Waals surface area (Å²) in [5.41, 5.74) is 6.80. The van der Waals surface area contributed by atoms with Gasteiger partial charge in [0, 0.05) is 5.56 Å². The molecule has 0 atom stereocenters. The van der Waals surface area contributed by atoms with Crippen LogP contribution in [0.1, 0.15) is 37.9 Å². The van der Waals surface area contributed by atoms with Crippen LogP contribution < -0.4 is 15.2 Å². The highest BCUT2D eigenvalue weighted by molar-refractivity contribution is 5.60. The van der Waals surface area contributed by atoms with Gasteiger partial charge >= 0.3 is 0 Å². The fraction of sp³-hybridized carbons (Fsp3) is 0.467. The number of benzene rings is 1. The van der Waals surface area contributed by atoms with Crippen molar-refractivity contribution in [1.82, 2.24) is 10.1 Å². The van der Waals surface area contributed by atoms with Gasteiger partial charge < -0.3 is 19.7 Å². The number of nitrogens with two attached hydrogens (primary N) is 1. The number of fused-ring (bicyclic) bond motifs is 1. The van der Waals surface area contributed by atoms with Crippen LogP contribution in [0.3, 0.4) is 0 Å². The molecule has 1 aromatic heterocycles. The summed E-state index contributed by atoms with van der Waals surface area (Å²) < 4.78 is 16.1. The number of hydrogen-bond acceptors (Lipinski definition) is 6. The minimum Gasteiger partial charge on any atom is -0.454 e. The van der Waals surface area contributed by atoms with Crippen LogP contribution in [0.15, 0.2) is 22.7 Å². The molecule has 0 amide bonds. The molecule has 6 nitrogen and oxygen atoms in total. The lowest BCUT2D eigenvalue weighted by atomic mass is 9.82. The number of rotatable bonds is 2. The lowest BCUT2D eigenvalue weighted by molar-refractivity contribution is 0.174. The second-order valence-corrected chi connectivity index (χ2v) is 5.71. The van der Waals surface area contributed by atoms with Crippen molar-refractivity contribution in [1.29, 1.82) is 0 Å². The Balaban J connectivity index is 1.65. The van der Waals surface area contributed by atoms with Crippen LogP contribution in [0.25, 0.3) is 11.5 Å². The maximum atomic E-state index is 6.43. The predicted octanol–water partition coefficient (Wildman–Crippen LogP) is 2.58. The van der Waals surface area contributed by atoms with Crippen molar-refractivity contribution in [2.45, 2.75) is 37.6 Å². The first-order valence-electron chi connectivity index (χ1n) is 7.28. The number of hydrogen-bond donors (Lipinski definition) is 1. The third-order valence-corrected chi connectivity index (χ3v) is 4.24. The molecular formula is C15H17N3O3. The Labute approximate surface area is 122 Å². The lowest BCUT2D eigenvalue weighted by Gasteiger charge is -2.29. The summed E-state index contributed by atoms with van der Waals surface area (Å²) in [6, 6.07) is 5.58. The molecule has 1 aliphatic heterocycles. The van der Waals surface area contributed by atoms with E-state index in [0.717, 1.165) is 37.0 Å². The van der Waals surface area contributed by atoms with Crippen LogP contribution in [0.5, 0.6) is 11.5 Å². The van der Waals surface area contributed by atoms with Gasteiger partial charge in [0.15, 0.2) is 17.3 Å². The molecule has 0 saturated heterocycles. The molecule has 0 bridgehead atoms. The Hall–Kier alpha value is -2.08. The van der Waals surface area contributed by atoms with E-state index in [0.29, 0.717) is 17.5 Å². The van der Waals surface area contributed by atoms with E-state index >= 15 is 0 Å². The van der Waals surface area contributed by atoms with Gasteiger partial charge in [-0.3, -0.25) is 0 Å². The SMILES string of the molecule is NC1(c2noc(-c3ccc4c(c3)OCO4)n2)CCCCC1. The topological polar surface area (TPSA) is 83.4 Å². The van der Waals surface area contributed by atoms with Crippen molar-refractivity contribution in [2.75, 3.05) is 6.79 Å². The van der Waals surface area contributed by atoms with Crippen LogP contribution in [0.2, 0.25) is 0 Å². The van der Waals surface area contributed by atoms with Gasteiger partial charge in [0.1, 0.15) is 0 Å². The Morgan fingerprint density at radius 2 is 1.86 bits per heavy atom. The van der Waals surface area contributed by atoms with Crippen molar-refractivity contribution in [3.8, 4) is 23.0 Å². The molecule has 4 rings (SSSR count). The second kappa shape index (κ2) is 4.73. The predicted molar refractivity (Wildman–Crippen MR) is 74.8 cm³/mol. The van der Waals surface area contributed by atoms with E-state index in [1.165, 1.54) is 6.42 Å². The highest BCUT2D eigenvalue weighted by Gasteiger charge is 2.34. The first-order valence-corrected chi connectivity index (χ1v) is 7.28. The molecule has 1 saturated carbocycles. The lowest BCUT2D eigenvalue weighted by Crippen LogP contribution is -2.39. The number of aromatic nitrogens is 2. The standard InChI is InChI=1S/C15H17N3O3/c16-15(6-2-1-3-7-15)14-17-13(21-18-14)10-4-5-11-12(8-10)20-9-19-11/h4-5,8H,1-3,6-7,9,16H2. The van der Waals surface area contributed by atoms with Crippen LogP contribution >= 0.6 is 0 Å². The van der Waals surface area contributed by atoms with E-state index in [1.54, 1.807) is 0 Å². The molecular weight excluding hydrogens is 270 g/mol. The van der Waals surface area contributed by atoms with E-state index in [2.05, 4.69) is 10.1 Å². The number of ether oxygens (including phenoxy) is 2. The molecule has 21 heavy (non-hydrogen) atoms. The third-order valence-electron chi connectivity index (χ3n) is 4.24. The zero-order chi connectivity index (χ0) is 14.3. The van der Waals surface area contributed by atoms with Gasteiger partial charge in [-0.25, -0.2) is 0 Å². The molecule has 110 valence electrons. The average molecular weight is 287 g/mol. The Bertz CT molecular complexity index is 662. The summed E-state index contributed by atoms with van der Waals surface area (Å²) in [5.74, 6) is 2.52. The average Bonchev–Trinajstić information content (AvgIpc) is 3.17. The van der Waals surface area contributed by atoms with Gasteiger partial charge in [-0.15, -0.1) is 0 Å². The van der Waals surface area contributed by atoms with Gasteiger partial charge in [-0.2, -0.15) is 4.98 Å². The summed E-state index contributed by atoms with van der Waals surface area (Å²) >= 11 is 0. The monoisotopic (exact) mass is 287 g/mol. The molecule has 2 aromatic rings. The summed E-state index contributed by atoms with van der Waals surface area (Å²) in [7, 11) is 0. The van der Waals surface area contributed by atoms with Crippen molar-refractivity contribution in [3.63, 3.8) is 0 Å². The molecule has 2 heterocycles. The van der Waals surface area contributed by atoms with Crippen LogP contribution in [-0.2, 0) is 5.54 Å². The molecule has 6 heteroatoms. The third kappa shape index (κ3) is 2.15. The molecule has 0 spiro atoms. The normalized spacial score (nSPS) is 19.7. The van der Waals surface area contributed by atoms with Gasteiger partial charge in [0.2, 0.25) is 6.79 Å². The highest BCUT2D eigenvalue weighted by Crippen LogP contribution is 2.37. The molecule has 1 aliphatic carbocycles. The summed E-state index contributed by atoms with van der Waals surface area (Å²) in [6.07, 6.45) is 5.28. The van der Waals surface area contributed by atoms with E-state index < -0.39 is 5.54 Å². The summed E-state index contributed by atoms with van der Waals surface area (Å²) in [6.45, 7) is 0.250. The Morgan fingerprint density at radius 1 is 1.05 bits per heavy atom. The number of nitrogens with zero attached hydrogens (tertiary/aromatic N) is 2. The van der Waals surface area contributed by atoms with Gasteiger partial charge in [0.25, 0.3) is 5.89 Å². The summed E-state index contributed by atoms with van der Waals surface area (Å²) in [5, 5.41) is 4.10. The van der Waals surface area contributed by atoms with Gasteiger partial charge in [-0.05, 0) is 31.0 Å². The molecule has 0 radical (unpaired) electrons. The minimum absolute atomic E-state index is 0.250. The first kappa shape index (κ1) is 12.6. The molecule has 2 aliphatic rings. The quantitative estimate of drug-likeness (QED) is 0.914. The maximum Gasteiger partial charge on any atom is 0.258 e. The fourth-order valence-corrected chi connectivity index (χ4v) is 2.98. The van der Waals surface area contributed by atoms with E-state index in [4.69, 9.17) is 19.7 Å². The smallest absolute Gasteiger partial charge is 0.258 e. The zero-order valence-corrected chi connectivity index (χ0v) is 11.7. The van der Waals surface area contributed by atoms with Crippen molar-refractivity contribution < 1.29 is 14.0 Å². The van der Waals surface area contributed by atoms with E-state index in [-0.39, 0.29) is 6.79 Å². The highest BCUT2D eigenvalue weighted by atomic mass is 16.7. The van der Waals surface area contributed by atoms with Crippen LogP contribution in [0, 0.1) is 0 Å². The largest absolute Gasteiger partial charge is 0.454 e. The maximum absolute atomic E-state index is 6.43. The van der Waals surface area contributed by atoms with Crippen molar-refractivity contribution in [3.05, 3.63) is 24.0 Å². The van der Waals surface area contributed by atoms with Gasteiger partial charge in [0.05, 0.1) is 5.54 Å². The molecule has 1 fully saturated rings. The molecule has 1 aromatic carbocycles.